The van der Waals surface area contributed by atoms with Crippen molar-refractivity contribution in [2.75, 3.05) is 6.61 Å². The summed E-state index contributed by atoms with van der Waals surface area (Å²) in [5.74, 6) is -0.441. The number of nitro groups is 1. The Hall–Kier alpha value is -0.940. The van der Waals surface area contributed by atoms with Crippen molar-refractivity contribution in [2.45, 2.75) is 44.0 Å². The van der Waals surface area contributed by atoms with Crippen LogP contribution in [0.4, 0.5) is 0 Å². The Bertz CT molecular complexity index is 271. The highest BCUT2D eigenvalue weighted by Crippen LogP contribution is 2.37. The first-order valence-electron chi connectivity index (χ1n) is 5.34. The monoisotopic (exact) mass is 213 g/mol. The van der Waals surface area contributed by atoms with Crippen molar-refractivity contribution in [1.82, 2.24) is 0 Å². The summed E-state index contributed by atoms with van der Waals surface area (Å²) in [5, 5.41) is 10.1. The van der Waals surface area contributed by atoms with Gasteiger partial charge in [-0.3, -0.25) is 10.1 Å². The van der Waals surface area contributed by atoms with Gasteiger partial charge in [0.1, 0.15) is 6.10 Å². The van der Waals surface area contributed by atoms with Crippen LogP contribution in [0.5, 0.6) is 0 Å². The lowest BCUT2D eigenvalue weighted by molar-refractivity contribution is -0.403. The first-order chi connectivity index (χ1) is 7.20. The van der Waals surface area contributed by atoms with Gasteiger partial charge in [-0.05, 0) is 12.8 Å². The molecule has 5 heteroatoms. The molecular weight excluding hydrogens is 198 g/mol. The molecule has 1 unspecified atom stereocenters. The van der Waals surface area contributed by atoms with Gasteiger partial charge in [0.05, 0.1) is 11.5 Å². The maximum absolute atomic E-state index is 10.1. The number of hydrogen-bond donors (Lipinski definition) is 0. The zero-order chi connectivity index (χ0) is 10.7. The Labute approximate surface area is 88.2 Å². The maximum Gasteiger partial charge on any atom is 0.233 e. The molecule has 1 saturated heterocycles. The minimum Gasteiger partial charge on any atom is -0.347 e. The van der Waals surface area contributed by atoms with Crippen molar-refractivity contribution in [1.29, 1.82) is 0 Å². The lowest BCUT2D eigenvalue weighted by Gasteiger charge is -2.31. The Kier molecular flexibility index (Phi) is 3.02. The fraction of sp³-hybridized carbons (Fsp3) is 0.800. The molecule has 0 radical (unpaired) electrons. The third kappa shape index (κ3) is 2.54. The van der Waals surface area contributed by atoms with Gasteiger partial charge in [-0.15, -0.1) is 0 Å². The Morgan fingerprint density at radius 1 is 1.33 bits per heavy atom. The molecule has 1 aliphatic carbocycles. The van der Waals surface area contributed by atoms with Crippen molar-refractivity contribution in [3.8, 4) is 0 Å². The van der Waals surface area contributed by atoms with E-state index in [0.29, 0.717) is 6.61 Å². The molecule has 5 nitrogen and oxygen atoms in total. The van der Waals surface area contributed by atoms with Crippen molar-refractivity contribution in [3.63, 3.8) is 0 Å². The average molecular weight is 213 g/mol. The van der Waals surface area contributed by atoms with E-state index in [2.05, 4.69) is 0 Å². The number of rotatable bonds is 2. The van der Waals surface area contributed by atoms with Crippen molar-refractivity contribution >= 4 is 0 Å². The molecule has 1 heterocycles. The van der Waals surface area contributed by atoms with Crippen LogP contribution < -0.4 is 0 Å². The van der Waals surface area contributed by atoms with Gasteiger partial charge < -0.3 is 9.47 Å². The molecule has 0 aromatic carbocycles. The molecule has 0 amide bonds. The predicted octanol–water partition coefficient (Wildman–Crippen LogP) is 1.85. The summed E-state index contributed by atoms with van der Waals surface area (Å²) in [7, 11) is 0. The van der Waals surface area contributed by atoms with Gasteiger partial charge in [0, 0.05) is 18.9 Å². The average Bonchev–Trinajstić information content (AvgIpc) is 2.60. The van der Waals surface area contributed by atoms with Crippen molar-refractivity contribution in [3.05, 3.63) is 22.4 Å². The molecule has 84 valence electrons. The topological polar surface area (TPSA) is 61.6 Å². The molecule has 2 fully saturated rings. The summed E-state index contributed by atoms with van der Waals surface area (Å²) in [6, 6.07) is 0. The standard InChI is InChI=1S/C10H15NO4/c12-11(13)7-4-9-8-14-10(15-9)5-2-1-3-6-10/h4,7,9H,1-3,5-6,8H2. The van der Waals surface area contributed by atoms with E-state index >= 15 is 0 Å². The highest BCUT2D eigenvalue weighted by molar-refractivity contribution is 4.91. The van der Waals surface area contributed by atoms with Crippen molar-refractivity contribution in [2.24, 2.45) is 0 Å². The van der Waals surface area contributed by atoms with E-state index in [1.54, 1.807) is 0 Å². The summed E-state index contributed by atoms with van der Waals surface area (Å²) in [6.07, 6.45) is 7.42. The van der Waals surface area contributed by atoms with Gasteiger partial charge in [0.2, 0.25) is 6.20 Å². The molecule has 1 aliphatic heterocycles. The van der Waals surface area contributed by atoms with E-state index in [9.17, 15) is 10.1 Å². The van der Waals surface area contributed by atoms with Gasteiger partial charge in [-0.25, -0.2) is 0 Å². The van der Waals surface area contributed by atoms with Crippen LogP contribution in [0.1, 0.15) is 32.1 Å². The molecule has 0 N–H and O–H groups in total. The fourth-order valence-electron chi connectivity index (χ4n) is 2.19. The molecule has 2 rings (SSSR count). The van der Waals surface area contributed by atoms with Crippen LogP contribution in [0.3, 0.4) is 0 Å². The predicted molar refractivity (Wildman–Crippen MR) is 52.8 cm³/mol. The molecule has 0 aromatic rings. The van der Waals surface area contributed by atoms with E-state index in [-0.39, 0.29) is 6.10 Å². The van der Waals surface area contributed by atoms with Gasteiger partial charge in [-0.1, -0.05) is 6.42 Å². The van der Waals surface area contributed by atoms with Crippen molar-refractivity contribution < 1.29 is 14.4 Å². The Morgan fingerprint density at radius 2 is 2.07 bits per heavy atom. The minimum absolute atomic E-state index is 0.256. The fourth-order valence-corrected chi connectivity index (χ4v) is 2.19. The summed E-state index contributed by atoms with van der Waals surface area (Å²) >= 11 is 0. The summed E-state index contributed by atoms with van der Waals surface area (Å²) in [4.78, 5) is 9.67. The molecule has 1 atom stereocenters. The lowest BCUT2D eigenvalue weighted by Crippen LogP contribution is -2.33. The van der Waals surface area contributed by atoms with Crippen LogP contribution in [0, 0.1) is 10.1 Å². The second kappa shape index (κ2) is 4.28. The number of ether oxygens (including phenoxy) is 2. The van der Waals surface area contributed by atoms with Crippen LogP contribution in [-0.4, -0.2) is 23.4 Å². The largest absolute Gasteiger partial charge is 0.347 e. The van der Waals surface area contributed by atoms with Crippen LogP contribution in [0.2, 0.25) is 0 Å². The first kappa shape index (κ1) is 10.6. The second-order valence-corrected chi connectivity index (χ2v) is 4.07. The lowest BCUT2D eigenvalue weighted by atomic mass is 9.94. The van der Waals surface area contributed by atoms with E-state index in [4.69, 9.17) is 9.47 Å². The molecule has 0 bridgehead atoms. The molecule has 1 saturated carbocycles. The van der Waals surface area contributed by atoms with Gasteiger partial charge in [-0.2, -0.15) is 0 Å². The van der Waals surface area contributed by atoms with Gasteiger partial charge in [0.25, 0.3) is 0 Å². The number of hydrogen-bond acceptors (Lipinski definition) is 4. The Morgan fingerprint density at radius 3 is 2.73 bits per heavy atom. The molecule has 0 aromatic heterocycles. The SMILES string of the molecule is O=[N+]([O-])C=CC1COC2(CCCCC2)O1. The summed E-state index contributed by atoms with van der Waals surface area (Å²) in [5.41, 5.74) is 0. The highest BCUT2D eigenvalue weighted by atomic mass is 16.7. The smallest absolute Gasteiger partial charge is 0.233 e. The van der Waals surface area contributed by atoms with E-state index in [1.807, 2.05) is 0 Å². The molecule has 15 heavy (non-hydrogen) atoms. The highest BCUT2D eigenvalue weighted by Gasteiger charge is 2.41. The summed E-state index contributed by atoms with van der Waals surface area (Å²) in [6.45, 7) is 0.435. The van der Waals surface area contributed by atoms with Crippen LogP contribution in [-0.2, 0) is 9.47 Å². The second-order valence-electron chi connectivity index (χ2n) is 4.07. The first-order valence-corrected chi connectivity index (χ1v) is 5.34. The summed E-state index contributed by atoms with van der Waals surface area (Å²) < 4.78 is 11.4. The van der Waals surface area contributed by atoms with Gasteiger partial charge >= 0.3 is 0 Å². The van der Waals surface area contributed by atoms with Crippen LogP contribution >= 0.6 is 0 Å². The Balaban J connectivity index is 1.90. The quantitative estimate of drug-likeness (QED) is 0.518. The molecule has 1 spiro atoms. The third-order valence-corrected chi connectivity index (χ3v) is 2.91. The minimum atomic E-state index is -0.477. The normalized spacial score (nSPS) is 30.0. The van der Waals surface area contributed by atoms with E-state index < -0.39 is 10.7 Å². The van der Waals surface area contributed by atoms with E-state index in [0.717, 1.165) is 31.9 Å². The zero-order valence-corrected chi connectivity index (χ0v) is 8.55. The van der Waals surface area contributed by atoms with Crippen LogP contribution in [0.15, 0.2) is 12.3 Å². The molecular formula is C10H15NO4. The zero-order valence-electron chi connectivity index (χ0n) is 8.55. The van der Waals surface area contributed by atoms with Crippen LogP contribution in [0.25, 0.3) is 0 Å². The third-order valence-electron chi connectivity index (χ3n) is 2.91. The van der Waals surface area contributed by atoms with E-state index in [1.165, 1.54) is 12.5 Å². The molecule has 2 aliphatic rings. The van der Waals surface area contributed by atoms with Gasteiger partial charge in [0.15, 0.2) is 5.79 Å². The maximum atomic E-state index is 10.1. The number of nitrogens with zero attached hydrogens (tertiary/aromatic N) is 1.